The number of hydrogen-bond acceptors (Lipinski definition) is 4. The van der Waals surface area contributed by atoms with E-state index in [1.165, 1.54) is 0 Å². The van der Waals surface area contributed by atoms with E-state index in [0.717, 1.165) is 31.4 Å². The van der Waals surface area contributed by atoms with Crippen molar-refractivity contribution in [1.29, 1.82) is 0 Å². The van der Waals surface area contributed by atoms with Crippen LogP contribution in [-0.4, -0.2) is 53.6 Å². The van der Waals surface area contributed by atoms with E-state index in [4.69, 9.17) is 0 Å². The summed E-state index contributed by atoms with van der Waals surface area (Å²) in [5, 5.41) is 3.23. The summed E-state index contributed by atoms with van der Waals surface area (Å²) in [5.41, 5.74) is 1.93. The van der Waals surface area contributed by atoms with Gasteiger partial charge in [0.2, 0.25) is 5.91 Å². The first kappa shape index (κ1) is 22.6. The van der Waals surface area contributed by atoms with Gasteiger partial charge in [0, 0.05) is 42.7 Å². The average Bonchev–Trinajstić information content (AvgIpc) is 3.35. The summed E-state index contributed by atoms with van der Waals surface area (Å²) >= 11 is 0.500. The fourth-order valence-electron chi connectivity index (χ4n) is 4.39. The highest BCUT2D eigenvalue weighted by molar-refractivity contribution is 7.99. The Morgan fingerprint density at radius 2 is 1.53 bits per heavy atom. The predicted molar refractivity (Wildman–Crippen MR) is 122 cm³/mol. The Bertz CT molecular complexity index is 941. The normalized spacial score (nSPS) is 17.1. The molecular formula is C24H27F2N3O2S. The van der Waals surface area contributed by atoms with E-state index < -0.39 is 5.76 Å². The van der Waals surface area contributed by atoms with E-state index in [2.05, 4.69) is 5.32 Å². The van der Waals surface area contributed by atoms with Crippen LogP contribution in [0, 0.1) is 5.92 Å². The van der Waals surface area contributed by atoms with Gasteiger partial charge in [-0.2, -0.15) is 8.78 Å². The maximum absolute atomic E-state index is 13.2. The molecule has 0 bridgehead atoms. The smallest absolute Gasteiger partial charge is 0.288 e. The topological polar surface area (TPSA) is 52.7 Å². The van der Waals surface area contributed by atoms with Crippen molar-refractivity contribution in [2.24, 2.45) is 5.92 Å². The number of carbonyl (C=O) groups is 2. The van der Waals surface area contributed by atoms with Crippen molar-refractivity contribution in [1.82, 2.24) is 9.80 Å². The van der Waals surface area contributed by atoms with E-state index >= 15 is 0 Å². The van der Waals surface area contributed by atoms with Crippen molar-refractivity contribution in [3.05, 3.63) is 54.1 Å². The number of para-hydroxylation sites is 1. The third kappa shape index (κ3) is 5.41. The molecule has 2 amide bonds. The first-order valence-corrected chi connectivity index (χ1v) is 11.9. The van der Waals surface area contributed by atoms with Crippen LogP contribution in [0.5, 0.6) is 0 Å². The van der Waals surface area contributed by atoms with Crippen LogP contribution in [0.3, 0.4) is 0 Å². The third-order valence-corrected chi connectivity index (χ3v) is 6.82. The maximum atomic E-state index is 13.2. The number of carbonyl (C=O) groups excluding carboxylic acids is 2. The first-order valence-electron chi connectivity index (χ1n) is 11.0. The molecule has 0 atom stereocenters. The molecule has 1 saturated heterocycles. The van der Waals surface area contributed by atoms with Gasteiger partial charge in [0.1, 0.15) is 0 Å². The lowest BCUT2D eigenvalue weighted by atomic mass is 10.1. The van der Waals surface area contributed by atoms with Gasteiger partial charge in [0.05, 0.1) is 11.3 Å². The number of alkyl halides is 2. The summed E-state index contributed by atoms with van der Waals surface area (Å²) in [4.78, 5) is 30.1. The Kier molecular flexibility index (Phi) is 7.29. The molecule has 5 nitrogen and oxygen atoms in total. The number of halogens is 2. The minimum atomic E-state index is -2.46. The second kappa shape index (κ2) is 10.3. The number of hydrogen-bond donors (Lipinski definition) is 1. The van der Waals surface area contributed by atoms with Crippen molar-refractivity contribution in [3.63, 3.8) is 0 Å². The molecule has 1 aliphatic heterocycles. The highest BCUT2D eigenvalue weighted by Gasteiger charge is 2.31. The number of nitrogens with zero attached hydrogens (tertiary/aromatic N) is 2. The fourth-order valence-corrected chi connectivity index (χ4v) is 4.88. The summed E-state index contributed by atoms with van der Waals surface area (Å²) in [6.07, 6.45) is 4.23. The number of nitrogens with one attached hydrogen (secondary N) is 1. The largest absolute Gasteiger partial charge is 0.355 e. The SMILES string of the molecule is O=C(c1ccccc1Nc1ccc(SC(F)F)cc1)N1CCN(C(=O)C2CCCC2)CC1. The molecule has 0 aromatic heterocycles. The lowest BCUT2D eigenvalue weighted by Gasteiger charge is -2.36. The Balaban J connectivity index is 1.39. The Morgan fingerprint density at radius 3 is 2.19 bits per heavy atom. The Morgan fingerprint density at radius 1 is 0.906 bits per heavy atom. The predicted octanol–water partition coefficient (Wildman–Crippen LogP) is 5.22. The molecule has 1 aliphatic carbocycles. The van der Waals surface area contributed by atoms with Gasteiger partial charge in [-0.15, -0.1) is 0 Å². The van der Waals surface area contributed by atoms with Crippen molar-refractivity contribution >= 4 is 35.0 Å². The third-order valence-electron chi connectivity index (χ3n) is 6.10. The van der Waals surface area contributed by atoms with Gasteiger partial charge in [0.25, 0.3) is 11.7 Å². The zero-order chi connectivity index (χ0) is 22.5. The van der Waals surface area contributed by atoms with Gasteiger partial charge >= 0.3 is 0 Å². The van der Waals surface area contributed by atoms with Gasteiger partial charge in [-0.05, 0) is 49.2 Å². The van der Waals surface area contributed by atoms with Crippen LogP contribution in [-0.2, 0) is 4.79 Å². The Hall–Kier alpha value is -2.61. The summed E-state index contributed by atoms with van der Waals surface area (Å²) < 4.78 is 25.0. The molecule has 32 heavy (non-hydrogen) atoms. The number of amides is 2. The summed E-state index contributed by atoms with van der Waals surface area (Å²) in [6, 6.07) is 14.0. The molecule has 8 heteroatoms. The van der Waals surface area contributed by atoms with E-state index in [1.54, 1.807) is 35.2 Å². The van der Waals surface area contributed by atoms with Crippen LogP contribution in [0.1, 0.15) is 36.0 Å². The van der Waals surface area contributed by atoms with Crippen molar-refractivity contribution < 1.29 is 18.4 Å². The van der Waals surface area contributed by atoms with Crippen LogP contribution in [0.25, 0.3) is 0 Å². The van der Waals surface area contributed by atoms with Crippen molar-refractivity contribution in [3.8, 4) is 0 Å². The van der Waals surface area contributed by atoms with Crippen LogP contribution < -0.4 is 5.32 Å². The first-order chi connectivity index (χ1) is 15.5. The molecule has 2 aromatic carbocycles. The molecule has 4 rings (SSSR count). The molecule has 1 N–H and O–H groups in total. The van der Waals surface area contributed by atoms with Gasteiger partial charge < -0.3 is 15.1 Å². The quantitative estimate of drug-likeness (QED) is 0.602. The second-order valence-electron chi connectivity index (χ2n) is 8.17. The second-order valence-corrected chi connectivity index (χ2v) is 9.24. The zero-order valence-electron chi connectivity index (χ0n) is 17.8. The van der Waals surface area contributed by atoms with E-state index in [0.29, 0.717) is 54.1 Å². The average molecular weight is 460 g/mol. The molecule has 2 aliphatic rings. The minimum Gasteiger partial charge on any atom is -0.355 e. The van der Waals surface area contributed by atoms with Crippen LogP contribution in [0.2, 0.25) is 0 Å². The highest BCUT2D eigenvalue weighted by atomic mass is 32.2. The number of anilines is 2. The fraction of sp³-hybridized carbons (Fsp3) is 0.417. The van der Waals surface area contributed by atoms with E-state index in [9.17, 15) is 18.4 Å². The van der Waals surface area contributed by atoms with Crippen molar-refractivity contribution in [2.45, 2.75) is 36.3 Å². The Labute approximate surface area is 191 Å². The summed E-state index contributed by atoms with van der Waals surface area (Å²) in [6.45, 7) is 2.18. The zero-order valence-corrected chi connectivity index (χ0v) is 18.6. The van der Waals surface area contributed by atoms with Gasteiger partial charge in [0.15, 0.2) is 0 Å². The van der Waals surface area contributed by atoms with Gasteiger partial charge in [-0.3, -0.25) is 9.59 Å². The monoisotopic (exact) mass is 459 g/mol. The molecule has 0 radical (unpaired) electrons. The molecule has 1 heterocycles. The summed E-state index contributed by atoms with van der Waals surface area (Å²) in [7, 11) is 0. The summed E-state index contributed by atoms with van der Waals surface area (Å²) in [5.74, 6) is -2.13. The number of piperazine rings is 1. The lowest BCUT2D eigenvalue weighted by Crippen LogP contribution is -2.51. The highest BCUT2D eigenvalue weighted by Crippen LogP contribution is 2.29. The molecule has 2 fully saturated rings. The molecule has 1 saturated carbocycles. The lowest BCUT2D eigenvalue weighted by molar-refractivity contribution is -0.136. The number of thioether (sulfide) groups is 1. The minimum absolute atomic E-state index is 0.0778. The molecular weight excluding hydrogens is 432 g/mol. The number of rotatable bonds is 6. The molecule has 0 unspecified atom stereocenters. The molecule has 0 spiro atoms. The van der Waals surface area contributed by atoms with E-state index in [-0.39, 0.29) is 17.7 Å². The maximum Gasteiger partial charge on any atom is 0.288 e. The number of benzene rings is 2. The molecule has 170 valence electrons. The van der Waals surface area contributed by atoms with Gasteiger partial charge in [-0.25, -0.2) is 0 Å². The standard InChI is InChI=1S/C24H27F2N3O2S/c25-24(26)32-19-11-9-18(10-12-19)27-21-8-4-3-7-20(21)23(31)29-15-13-28(14-16-29)22(30)17-5-1-2-6-17/h3-4,7-12,17,24,27H,1-2,5-6,13-16H2. The van der Waals surface area contributed by atoms with Crippen LogP contribution in [0.4, 0.5) is 20.2 Å². The van der Waals surface area contributed by atoms with Gasteiger partial charge in [-0.1, -0.05) is 36.7 Å². The molecule has 2 aromatic rings. The van der Waals surface area contributed by atoms with Crippen molar-refractivity contribution in [2.75, 3.05) is 31.5 Å². The van der Waals surface area contributed by atoms with E-state index in [1.807, 2.05) is 23.1 Å². The van der Waals surface area contributed by atoms with Crippen LogP contribution >= 0.6 is 11.8 Å². The van der Waals surface area contributed by atoms with Crippen LogP contribution in [0.15, 0.2) is 53.4 Å².